The number of benzene rings is 1. The number of carbonyl (C=O) groups excluding carboxylic acids is 1. The molecular formula is C16H20O3S. The molecule has 1 saturated carbocycles. The molecule has 1 fully saturated rings. The topological polar surface area (TPSA) is 35.5 Å². The van der Waals surface area contributed by atoms with Gasteiger partial charge in [0.05, 0.1) is 19.0 Å². The zero-order valence-corrected chi connectivity index (χ0v) is 12.4. The molecule has 1 aliphatic heterocycles. The zero-order chi connectivity index (χ0) is 13.8. The second-order valence-electron chi connectivity index (χ2n) is 5.40. The minimum atomic E-state index is 0.308. The summed E-state index contributed by atoms with van der Waals surface area (Å²) in [5, 5.41) is 0. The summed E-state index contributed by atoms with van der Waals surface area (Å²) in [7, 11) is 0. The van der Waals surface area contributed by atoms with Crippen LogP contribution in [0.1, 0.15) is 32.1 Å². The van der Waals surface area contributed by atoms with Crippen molar-refractivity contribution in [1.29, 1.82) is 0 Å². The molecule has 1 heterocycles. The lowest BCUT2D eigenvalue weighted by molar-refractivity contribution is -0.120. The SMILES string of the molecule is O=C(CSc1ccc2c(c1)OCCCO2)C1CCCC1. The lowest BCUT2D eigenvalue weighted by atomic mass is 10.0. The molecule has 2 aliphatic rings. The van der Waals surface area contributed by atoms with Gasteiger partial charge in [-0.05, 0) is 31.0 Å². The highest BCUT2D eigenvalue weighted by Crippen LogP contribution is 2.34. The van der Waals surface area contributed by atoms with Gasteiger partial charge < -0.3 is 9.47 Å². The molecule has 0 saturated heterocycles. The van der Waals surface area contributed by atoms with Crippen LogP contribution in [-0.4, -0.2) is 24.7 Å². The molecule has 1 aromatic carbocycles. The molecule has 0 spiro atoms. The molecular weight excluding hydrogens is 272 g/mol. The Morgan fingerprint density at radius 1 is 1.10 bits per heavy atom. The van der Waals surface area contributed by atoms with Crippen molar-refractivity contribution in [3.63, 3.8) is 0 Å². The van der Waals surface area contributed by atoms with E-state index in [1.54, 1.807) is 11.8 Å². The largest absolute Gasteiger partial charge is 0.490 e. The first kappa shape index (κ1) is 13.8. The number of rotatable bonds is 4. The van der Waals surface area contributed by atoms with Crippen LogP contribution in [0.5, 0.6) is 11.5 Å². The van der Waals surface area contributed by atoms with Crippen molar-refractivity contribution in [1.82, 2.24) is 0 Å². The Balaban J connectivity index is 1.60. The number of hydrogen-bond acceptors (Lipinski definition) is 4. The van der Waals surface area contributed by atoms with Gasteiger partial charge in [-0.15, -0.1) is 11.8 Å². The first-order valence-corrected chi connectivity index (χ1v) is 8.36. The van der Waals surface area contributed by atoms with E-state index in [1.807, 2.05) is 18.2 Å². The summed E-state index contributed by atoms with van der Waals surface area (Å²) in [4.78, 5) is 13.2. The van der Waals surface area contributed by atoms with Gasteiger partial charge in [-0.1, -0.05) is 12.8 Å². The Morgan fingerprint density at radius 3 is 2.65 bits per heavy atom. The summed E-state index contributed by atoms with van der Waals surface area (Å²) in [6.45, 7) is 1.40. The van der Waals surface area contributed by atoms with Gasteiger partial charge in [0.2, 0.25) is 0 Å². The standard InChI is InChI=1S/C16H20O3S/c17-14(12-4-1-2-5-12)11-20-13-6-7-15-16(10-13)19-9-3-8-18-15/h6-7,10,12H,1-5,8-9,11H2. The molecule has 4 heteroatoms. The summed E-state index contributed by atoms with van der Waals surface area (Å²) < 4.78 is 11.3. The van der Waals surface area contributed by atoms with Crippen LogP contribution >= 0.6 is 11.8 Å². The third kappa shape index (κ3) is 3.29. The van der Waals surface area contributed by atoms with E-state index in [9.17, 15) is 4.79 Å². The predicted octanol–water partition coefficient (Wildman–Crippen LogP) is 3.70. The molecule has 20 heavy (non-hydrogen) atoms. The molecule has 3 nitrogen and oxygen atoms in total. The van der Waals surface area contributed by atoms with Crippen molar-refractivity contribution < 1.29 is 14.3 Å². The smallest absolute Gasteiger partial charge is 0.162 e. The second-order valence-corrected chi connectivity index (χ2v) is 6.44. The minimum Gasteiger partial charge on any atom is -0.490 e. The van der Waals surface area contributed by atoms with Gasteiger partial charge in [-0.25, -0.2) is 0 Å². The van der Waals surface area contributed by atoms with Crippen molar-refractivity contribution in [3.8, 4) is 11.5 Å². The molecule has 0 unspecified atom stereocenters. The van der Waals surface area contributed by atoms with Crippen LogP contribution in [0, 0.1) is 5.92 Å². The maximum atomic E-state index is 12.1. The fourth-order valence-electron chi connectivity index (χ4n) is 2.75. The Hall–Kier alpha value is -1.16. The van der Waals surface area contributed by atoms with Crippen molar-refractivity contribution >= 4 is 17.5 Å². The van der Waals surface area contributed by atoms with Gasteiger partial charge in [0.1, 0.15) is 5.78 Å². The van der Waals surface area contributed by atoms with Gasteiger partial charge in [0.15, 0.2) is 11.5 Å². The second kappa shape index (κ2) is 6.53. The Morgan fingerprint density at radius 2 is 1.85 bits per heavy atom. The Kier molecular flexibility index (Phi) is 4.51. The molecule has 0 amide bonds. The first-order chi connectivity index (χ1) is 9.83. The molecule has 0 atom stereocenters. The number of thioether (sulfide) groups is 1. The summed E-state index contributed by atoms with van der Waals surface area (Å²) in [5.41, 5.74) is 0. The Bertz CT molecular complexity index is 481. The van der Waals surface area contributed by atoms with Crippen LogP contribution in [0.2, 0.25) is 0 Å². The molecule has 108 valence electrons. The summed E-state index contributed by atoms with van der Waals surface area (Å²) in [6.07, 6.45) is 5.51. The van der Waals surface area contributed by atoms with E-state index >= 15 is 0 Å². The normalized spacial score (nSPS) is 18.8. The Labute approximate surface area is 124 Å². The molecule has 0 bridgehead atoms. The van der Waals surface area contributed by atoms with E-state index in [-0.39, 0.29) is 0 Å². The van der Waals surface area contributed by atoms with Gasteiger partial charge in [0.25, 0.3) is 0 Å². The van der Waals surface area contributed by atoms with Gasteiger partial charge in [-0.3, -0.25) is 4.79 Å². The lowest BCUT2D eigenvalue weighted by Gasteiger charge is -2.10. The van der Waals surface area contributed by atoms with E-state index in [2.05, 4.69) is 0 Å². The van der Waals surface area contributed by atoms with Crippen molar-refractivity contribution in [2.75, 3.05) is 19.0 Å². The van der Waals surface area contributed by atoms with E-state index in [0.717, 1.165) is 35.7 Å². The number of ether oxygens (including phenoxy) is 2. The predicted molar refractivity (Wildman–Crippen MR) is 79.7 cm³/mol. The van der Waals surface area contributed by atoms with Crippen molar-refractivity contribution in [3.05, 3.63) is 18.2 Å². The van der Waals surface area contributed by atoms with Crippen molar-refractivity contribution in [2.24, 2.45) is 5.92 Å². The zero-order valence-electron chi connectivity index (χ0n) is 11.6. The van der Waals surface area contributed by atoms with Crippen LogP contribution < -0.4 is 9.47 Å². The minimum absolute atomic E-state index is 0.308. The van der Waals surface area contributed by atoms with Gasteiger partial charge >= 0.3 is 0 Å². The average Bonchev–Trinajstić information content (AvgIpc) is 2.90. The number of carbonyl (C=O) groups is 1. The lowest BCUT2D eigenvalue weighted by Crippen LogP contribution is -2.12. The highest BCUT2D eigenvalue weighted by molar-refractivity contribution is 8.00. The van der Waals surface area contributed by atoms with Crippen molar-refractivity contribution in [2.45, 2.75) is 37.0 Å². The highest BCUT2D eigenvalue weighted by atomic mass is 32.2. The maximum Gasteiger partial charge on any atom is 0.162 e. The van der Waals surface area contributed by atoms with E-state index in [4.69, 9.17) is 9.47 Å². The van der Waals surface area contributed by atoms with E-state index in [0.29, 0.717) is 30.7 Å². The first-order valence-electron chi connectivity index (χ1n) is 7.38. The number of ketones is 1. The molecule has 1 aromatic rings. The maximum absolute atomic E-state index is 12.1. The quantitative estimate of drug-likeness (QED) is 0.793. The van der Waals surface area contributed by atoms with Crippen LogP contribution in [0.25, 0.3) is 0 Å². The fraction of sp³-hybridized carbons (Fsp3) is 0.562. The molecule has 0 radical (unpaired) electrons. The summed E-state index contributed by atoms with van der Waals surface area (Å²) in [5.74, 6) is 2.90. The fourth-order valence-corrected chi connectivity index (χ4v) is 3.65. The monoisotopic (exact) mass is 292 g/mol. The third-order valence-electron chi connectivity index (χ3n) is 3.91. The third-order valence-corrected chi connectivity index (χ3v) is 4.93. The van der Waals surface area contributed by atoms with E-state index in [1.165, 1.54) is 12.8 Å². The van der Waals surface area contributed by atoms with Crippen LogP contribution in [0.4, 0.5) is 0 Å². The van der Waals surface area contributed by atoms with Crippen LogP contribution in [0.15, 0.2) is 23.1 Å². The van der Waals surface area contributed by atoms with E-state index < -0.39 is 0 Å². The number of hydrogen-bond donors (Lipinski definition) is 0. The molecule has 0 aromatic heterocycles. The molecule has 0 N–H and O–H groups in total. The summed E-state index contributed by atoms with van der Waals surface area (Å²) in [6, 6.07) is 5.95. The molecule has 3 rings (SSSR count). The van der Waals surface area contributed by atoms with Crippen LogP contribution in [-0.2, 0) is 4.79 Å². The highest BCUT2D eigenvalue weighted by Gasteiger charge is 2.22. The van der Waals surface area contributed by atoms with Gasteiger partial charge in [0, 0.05) is 17.2 Å². The number of fused-ring (bicyclic) bond motifs is 1. The van der Waals surface area contributed by atoms with Gasteiger partial charge in [-0.2, -0.15) is 0 Å². The average molecular weight is 292 g/mol. The molecule has 1 aliphatic carbocycles. The summed E-state index contributed by atoms with van der Waals surface area (Å²) >= 11 is 1.61. The van der Waals surface area contributed by atoms with Crippen LogP contribution in [0.3, 0.4) is 0 Å². The number of Topliss-reactive ketones (excluding diaryl/α,β-unsaturated/α-hetero) is 1.